The van der Waals surface area contributed by atoms with Crippen molar-refractivity contribution in [2.24, 2.45) is 5.92 Å². The smallest absolute Gasteiger partial charge is 0.124 e. The summed E-state index contributed by atoms with van der Waals surface area (Å²) >= 11 is 0. The van der Waals surface area contributed by atoms with Gasteiger partial charge in [0.25, 0.3) is 0 Å². The maximum Gasteiger partial charge on any atom is 0.124 e. The van der Waals surface area contributed by atoms with Gasteiger partial charge in [-0.05, 0) is 61.1 Å². The van der Waals surface area contributed by atoms with E-state index in [0.717, 1.165) is 47.0 Å². The molecule has 6 nitrogen and oxygen atoms in total. The molecule has 2 saturated heterocycles. The van der Waals surface area contributed by atoms with Crippen molar-refractivity contribution in [3.8, 4) is 23.1 Å². The first-order chi connectivity index (χ1) is 17.1. The SMILES string of the molecule is C=C1C2CC(c3ncc(-c4ccc5cc(C#Cc6cnc(C7CCC(C)N7)[nH]6)ccc5c4)[nH]3)NC12. The first-order valence-electron chi connectivity index (χ1n) is 12.5. The summed E-state index contributed by atoms with van der Waals surface area (Å²) in [5.41, 5.74) is 5.38. The van der Waals surface area contributed by atoms with E-state index in [9.17, 15) is 0 Å². The van der Waals surface area contributed by atoms with Gasteiger partial charge in [-0.15, -0.1) is 0 Å². The van der Waals surface area contributed by atoms with Crippen molar-refractivity contribution in [3.63, 3.8) is 0 Å². The Hall–Kier alpha value is -3.66. The van der Waals surface area contributed by atoms with Crippen molar-refractivity contribution in [3.05, 3.63) is 83.9 Å². The molecule has 2 aromatic carbocycles. The average molecular weight is 461 g/mol. The second-order valence-electron chi connectivity index (χ2n) is 10.2. The highest BCUT2D eigenvalue weighted by atomic mass is 15.1. The minimum absolute atomic E-state index is 0.301. The first-order valence-corrected chi connectivity index (χ1v) is 12.5. The van der Waals surface area contributed by atoms with Gasteiger partial charge in [-0.25, -0.2) is 9.97 Å². The molecule has 2 aliphatic heterocycles. The third kappa shape index (κ3) is 3.78. The Labute approximate surface area is 204 Å². The highest BCUT2D eigenvalue weighted by molar-refractivity contribution is 5.88. The molecule has 0 amide bonds. The van der Waals surface area contributed by atoms with Crippen LogP contribution in [0.25, 0.3) is 22.0 Å². The normalized spacial score (nSPS) is 27.1. The number of imidazole rings is 2. The minimum atomic E-state index is 0.301. The molecule has 174 valence electrons. The Morgan fingerprint density at radius 1 is 0.886 bits per heavy atom. The van der Waals surface area contributed by atoms with E-state index in [4.69, 9.17) is 0 Å². The predicted molar refractivity (Wildman–Crippen MR) is 138 cm³/mol. The average Bonchev–Trinajstić information content (AvgIpc) is 3.52. The summed E-state index contributed by atoms with van der Waals surface area (Å²) in [6, 6.07) is 14.5. The van der Waals surface area contributed by atoms with Gasteiger partial charge >= 0.3 is 0 Å². The van der Waals surface area contributed by atoms with Crippen LogP contribution in [0.4, 0.5) is 0 Å². The van der Waals surface area contributed by atoms with Gasteiger partial charge in [-0.2, -0.15) is 0 Å². The maximum atomic E-state index is 4.65. The second-order valence-corrected chi connectivity index (χ2v) is 10.2. The molecule has 35 heavy (non-hydrogen) atoms. The number of nitrogens with one attached hydrogen (secondary N) is 4. The van der Waals surface area contributed by atoms with Crippen molar-refractivity contribution in [2.75, 3.05) is 0 Å². The molecule has 4 N–H and O–H groups in total. The molecule has 5 unspecified atom stereocenters. The Morgan fingerprint density at radius 3 is 2.54 bits per heavy atom. The molecule has 1 aliphatic carbocycles. The summed E-state index contributed by atoms with van der Waals surface area (Å²) in [7, 11) is 0. The van der Waals surface area contributed by atoms with Crippen molar-refractivity contribution in [1.29, 1.82) is 0 Å². The van der Waals surface area contributed by atoms with Gasteiger partial charge in [0.05, 0.1) is 30.2 Å². The third-order valence-electron chi connectivity index (χ3n) is 7.76. The summed E-state index contributed by atoms with van der Waals surface area (Å²) in [6.07, 6.45) is 7.16. The van der Waals surface area contributed by atoms with Gasteiger partial charge in [0.15, 0.2) is 0 Å². The minimum Gasteiger partial charge on any atom is -0.341 e. The van der Waals surface area contributed by atoms with Crippen LogP contribution in [0.5, 0.6) is 0 Å². The molecule has 1 saturated carbocycles. The molecule has 5 atom stereocenters. The number of piperidine rings is 1. The summed E-state index contributed by atoms with van der Waals surface area (Å²) in [5, 5.41) is 9.54. The Bertz CT molecular complexity index is 1500. The molecular formula is C29H28N6. The van der Waals surface area contributed by atoms with E-state index < -0.39 is 0 Å². The molecule has 4 heterocycles. The van der Waals surface area contributed by atoms with Crippen LogP contribution < -0.4 is 10.6 Å². The van der Waals surface area contributed by atoms with E-state index in [-0.39, 0.29) is 0 Å². The zero-order valence-electron chi connectivity index (χ0n) is 19.7. The lowest BCUT2D eigenvalue weighted by Crippen LogP contribution is -2.21. The topological polar surface area (TPSA) is 81.4 Å². The van der Waals surface area contributed by atoms with Crippen LogP contribution >= 0.6 is 0 Å². The Kier molecular flexibility index (Phi) is 4.70. The van der Waals surface area contributed by atoms with Gasteiger partial charge in [-0.3, -0.25) is 0 Å². The lowest BCUT2D eigenvalue weighted by molar-refractivity contribution is 0.564. The number of rotatable bonds is 3. The van der Waals surface area contributed by atoms with E-state index in [0.29, 0.717) is 30.1 Å². The van der Waals surface area contributed by atoms with E-state index >= 15 is 0 Å². The van der Waals surface area contributed by atoms with E-state index in [2.05, 4.69) is 92.3 Å². The summed E-state index contributed by atoms with van der Waals surface area (Å²) in [6.45, 7) is 6.32. The number of hydrogen-bond acceptors (Lipinski definition) is 4. The molecular weight excluding hydrogens is 432 g/mol. The van der Waals surface area contributed by atoms with Gasteiger partial charge in [0, 0.05) is 29.1 Å². The van der Waals surface area contributed by atoms with Gasteiger partial charge in [-0.1, -0.05) is 36.3 Å². The molecule has 7 rings (SSSR count). The number of benzene rings is 2. The first kappa shape index (κ1) is 20.7. The van der Waals surface area contributed by atoms with Gasteiger partial charge < -0.3 is 20.6 Å². The number of fused-ring (bicyclic) bond motifs is 2. The summed E-state index contributed by atoms with van der Waals surface area (Å²) in [5.74, 6) is 9.16. The maximum absolute atomic E-state index is 4.65. The quantitative estimate of drug-likeness (QED) is 0.263. The number of hydrogen-bond donors (Lipinski definition) is 4. The molecule has 0 radical (unpaired) electrons. The molecule has 4 aromatic rings. The van der Waals surface area contributed by atoms with Crippen molar-refractivity contribution in [1.82, 2.24) is 30.6 Å². The third-order valence-corrected chi connectivity index (χ3v) is 7.76. The highest BCUT2D eigenvalue weighted by Crippen LogP contribution is 2.49. The Balaban J connectivity index is 1.08. The largest absolute Gasteiger partial charge is 0.341 e. The van der Waals surface area contributed by atoms with Gasteiger partial charge in [0.2, 0.25) is 0 Å². The van der Waals surface area contributed by atoms with Crippen LogP contribution in [0.15, 0.2) is 60.9 Å². The predicted octanol–water partition coefficient (Wildman–Crippen LogP) is 4.75. The number of H-pyrrole nitrogens is 2. The highest BCUT2D eigenvalue weighted by Gasteiger charge is 2.50. The molecule has 3 aliphatic rings. The van der Waals surface area contributed by atoms with Crippen LogP contribution in [0, 0.1) is 17.8 Å². The van der Waals surface area contributed by atoms with Crippen molar-refractivity contribution >= 4 is 10.8 Å². The number of nitrogens with zero attached hydrogens (tertiary/aromatic N) is 2. The van der Waals surface area contributed by atoms with Gasteiger partial charge in [0.1, 0.15) is 17.3 Å². The van der Waals surface area contributed by atoms with Crippen LogP contribution in [0.1, 0.15) is 61.2 Å². The zero-order chi connectivity index (χ0) is 23.5. The van der Waals surface area contributed by atoms with Crippen LogP contribution in [-0.4, -0.2) is 32.0 Å². The Morgan fingerprint density at radius 2 is 1.71 bits per heavy atom. The van der Waals surface area contributed by atoms with E-state index in [1.165, 1.54) is 22.8 Å². The zero-order valence-corrected chi connectivity index (χ0v) is 19.7. The number of aromatic nitrogens is 4. The molecule has 6 heteroatoms. The molecule has 0 bridgehead atoms. The van der Waals surface area contributed by atoms with Crippen molar-refractivity contribution in [2.45, 2.75) is 50.4 Å². The number of aromatic amines is 2. The standard InChI is InChI=1S/C29H28N6/c1-16-3-10-24(32-16)28-30-14-22(33-28)9-5-18-4-6-20-12-21(8-7-19(20)11-18)26-15-31-29(35-26)25-13-23-17(2)27(23)34-25/h4,6-8,11-12,14-16,23-25,27,32,34H,2-3,10,13H2,1H3,(H,30,33)(H,31,35). The summed E-state index contributed by atoms with van der Waals surface area (Å²) in [4.78, 5) is 16.1. The lowest BCUT2D eigenvalue weighted by atomic mass is 10.0. The second kappa shape index (κ2) is 7.94. The molecule has 2 aromatic heterocycles. The van der Waals surface area contributed by atoms with Crippen LogP contribution in [0.2, 0.25) is 0 Å². The van der Waals surface area contributed by atoms with E-state index in [1.54, 1.807) is 0 Å². The van der Waals surface area contributed by atoms with Crippen LogP contribution in [-0.2, 0) is 0 Å². The molecule has 3 fully saturated rings. The lowest BCUT2D eigenvalue weighted by Gasteiger charge is -2.10. The fraction of sp³-hybridized carbons (Fsp3) is 0.310. The van der Waals surface area contributed by atoms with E-state index in [1.807, 2.05) is 12.4 Å². The fourth-order valence-corrected chi connectivity index (χ4v) is 5.63. The monoisotopic (exact) mass is 460 g/mol. The van der Waals surface area contributed by atoms with Crippen LogP contribution in [0.3, 0.4) is 0 Å². The summed E-state index contributed by atoms with van der Waals surface area (Å²) < 4.78 is 0. The fourth-order valence-electron chi connectivity index (χ4n) is 5.63. The molecule has 0 spiro atoms. The van der Waals surface area contributed by atoms with Crippen molar-refractivity contribution < 1.29 is 0 Å².